The quantitative estimate of drug-likeness (QED) is 0.0847. The van der Waals surface area contributed by atoms with Crippen LogP contribution >= 0.6 is 12.6 Å². The lowest BCUT2D eigenvalue weighted by atomic mass is 10.0. The zero-order chi connectivity index (χ0) is 33.6. The SMILES string of the molecule is CC(C)[C@H](NC(=O)[C@H](C)NC(=O)[C@H](Cc1ccccc1)NC(=O)[C@H](CS)NC(=O)[C@H](C)N)C(=O)N[C@@H](CCC(=O)O)C(=O)O. The molecule has 16 heteroatoms. The normalized spacial score (nSPS) is 15.0. The second-order valence-corrected chi connectivity index (χ2v) is 10.9. The lowest BCUT2D eigenvalue weighted by Gasteiger charge is -2.27. The highest BCUT2D eigenvalue weighted by Gasteiger charge is 2.32. The van der Waals surface area contributed by atoms with Crippen molar-refractivity contribution in [1.82, 2.24) is 26.6 Å². The molecule has 0 fully saturated rings. The van der Waals surface area contributed by atoms with E-state index in [1.807, 2.05) is 0 Å². The van der Waals surface area contributed by atoms with Gasteiger partial charge in [0, 0.05) is 18.6 Å². The molecule has 244 valence electrons. The molecule has 0 radical (unpaired) electrons. The number of rotatable bonds is 18. The zero-order valence-corrected chi connectivity index (χ0v) is 25.9. The van der Waals surface area contributed by atoms with Gasteiger partial charge in [0.1, 0.15) is 30.2 Å². The van der Waals surface area contributed by atoms with Gasteiger partial charge in [0.05, 0.1) is 6.04 Å². The number of aliphatic carboxylic acids is 2. The molecule has 0 aliphatic carbocycles. The molecule has 0 aliphatic heterocycles. The summed E-state index contributed by atoms with van der Waals surface area (Å²) in [5.74, 6) is -6.89. The maximum atomic E-state index is 13.3. The molecule has 0 heterocycles. The molecule has 0 aliphatic rings. The lowest BCUT2D eigenvalue weighted by molar-refractivity contribution is -0.143. The van der Waals surface area contributed by atoms with Crippen molar-refractivity contribution in [3.63, 3.8) is 0 Å². The topological polar surface area (TPSA) is 246 Å². The maximum absolute atomic E-state index is 13.3. The van der Waals surface area contributed by atoms with Gasteiger partial charge < -0.3 is 42.5 Å². The standard InChI is InChI=1S/C28H42N6O9S/c1-14(2)22(27(41)31-18(28(42)43)10-11-21(35)36)34-24(38)16(4)30-25(39)19(12-17-8-6-5-7-9-17)32-26(40)20(13-44)33-23(37)15(3)29/h5-9,14-16,18-20,22,44H,10-13,29H2,1-4H3,(H,30,39)(H,31,41)(H,32,40)(H,33,37)(H,34,38)(H,35,36)(H,42,43)/t15-,16-,18-,19-,20-,22-/m0/s1. The fourth-order valence-electron chi connectivity index (χ4n) is 3.81. The first-order valence-corrected chi connectivity index (χ1v) is 14.6. The van der Waals surface area contributed by atoms with E-state index in [1.54, 1.807) is 44.2 Å². The molecule has 0 bridgehead atoms. The number of carboxylic acids is 2. The summed E-state index contributed by atoms with van der Waals surface area (Å²) >= 11 is 4.11. The van der Waals surface area contributed by atoms with E-state index < -0.39 is 90.1 Å². The number of carbonyl (C=O) groups excluding carboxylic acids is 5. The summed E-state index contributed by atoms with van der Waals surface area (Å²) in [5, 5.41) is 30.5. The highest BCUT2D eigenvalue weighted by molar-refractivity contribution is 7.80. The fraction of sp³-hybridized carbons (Fsp3) is 0.536. The molecule has 6 atom stereocenters. The molecule has 9 N–H and O–H groups in total. The van der Waals surface area contributed by atoms with Gasteiger partial charge in [-0.3, -0.25) is 28.8 Å². The molecule has 44 heavy (non-hydrogen) atoms. The molecule has 5 amide bonds. The van der Waals surface area contributed by atoms with Gasteiger partial charge in [-0.05, 0) is 31.7 Å². The van der Waals surface area contributed by atoms with Crippen molar-refractivity contribution < 1.29 is 43.8 Å². The molecule has 15 nitrogen and oxygen atoms in total. The Labute approximate surface area is 260 Å². The molecule has 0 unspecified atom stereocenters. The molecule has 0 saturated heterocycles. The van der Waals surface area contributed by atoms with Crippen LogP contribution in [0.3, 0.4) is 0 Å². The third-order valence-corrected chi connectivity index (χ3v) is 6.77. The summed E-state index contributed by atoms with van der Waals surface area (Å²) in [4.78, 5) is 86.5. The Morgan fingerprint density at radius 2 is 1.27 bits per heavy atom. The summed E-state index contributed by atoms with van der Waals surface area (Å²) in [6.45, 7) is 6.01. The van der Waals surface area contributed by atoms with Gasteiger partial charge in [0.15, 0.2) is 0 Å². The summed E-state index contributed by atoms with van der Waals surface area (Å²) in [6.07, 6.45) is -0.816. The second kappa shape index (κ2) is 18.5. The third-order valence-electron chi connectivity index (χ3n) is 6.41. The average molecular weight is 639 g/mol. The van der Waals surface area contributed by atoms with Crippen molar-refractivity contribution in [1.29, 1.82) is 0 Å². The Morgan fingerprint density at radius 3 is 1.77 bits per heavy atom. The number of amides is 5. The van der Waals surface area contributed by atoms with E-state index in [-0.39, 0.29) is 18.6 Å². The van der Waals surface area contributed by atoms with E-state index in [2.05, 4.69) is 39.2 Å². The number of thiol groups is 1. The predicted octanol–water partition coefficient (Wildman–Crippen LogP) is -1.44. The average Bonchev–Trinajstić information content (AvgIpc) is 2.95. The minimum absolute atomic E-state index is 0.0389. The highest BCUT2D eigenvalue weighted by atomic mass is 32.1. The van der Waals surface area contributed by atoms with E-state index >= 15 is 0 Å². The molecule has 1 aromatic rings. The van der Waals surface area contributed by atoms with Crippen molar-refractivity contribution >= 4 is 54.1 Å². The van der Waals surface area contributed by atoms with Crippen LogP contribution in [0.25, 0.3) is 0 Å². The number of hydrogen-bond donors (Lipinski definition) is 9. The number of benzene rings is 1. The van der Waals surface area contributed by atoms with Gasteiger partial charge in [-0.2, -0.15) is 12.6 Å². The molecule has 1 aromatic carbocycles. The number of carboxylic acid groups (broad SMARTS) is 2. The monoisotopic (exact) mass is 638 g/mol. The van der Waals surface area contributed by atoms with Gasteiger partial charge in [0.2, 0.25) is 29.5 Å². The smallest absolute Gasteiger partial charge is 0.326 e. The number of nitrogens with one attached hydrogen (secondary N) is 5. The highest BCUT2D eigenvalue weighted by Crippen LogP contribution is 2.08. The van der Waals surface area contributed by atoms with Gasteiger partial charge in [0.25, 0.3) is 0 Å². The lowest BCUT2D eigenvalue weighted by Crippen LogP contribution is -2.60. The van der Waals surface area contributed by atoms with E-state index in [4.69, 9.17) is 10.8 Å². The largest absolute Gasteiger partial charge is 0.481 e. The Hall–Kier alpha value is -4.18. The van der Waals surface area contributed by atoms with Crippen molar-refractivity contribution in [2.24, 2.45) is 11.7 Å². The summed E-state index contributed by atoms with van der Waals surface area (Å²) in [7, 11) is 0. The van der Waals surface area contributed by atoms with Crippen LogP contribution in [-0.4, -0.2) is 93.7 Å². The van der Waals surface area contributed by atoms with Gasteiger partial charge in [-0.1, -0.05) is 44.2 Å². The van der Waals surface area contributed by atoms with Crippen LogP contribution in [0, 0.1) is 5.92 Å². The molecule has 0 aromatic heterocycles. The number of hydrogen-bond acceptors (Lipinski definition) is 9. The Balaban J connectivity index is 3.03. The van der Waals surface area contributed by atoms with E-state index in [0.29, 0.717) is 5.56 Å². The summed E-state index contributed by atoms with van der Waals surface area (Å²) < 4.78 is 0. The van der Waals surface area contributed by atoms with Crippen LogP contribution in [0.1, 0.15) is 46.1 Å². The van der Waals surface area contributed by atoms with E-state index in [1.165, 1.54) is 13.8 Å². The molecule has 1 rings (SSSR count). The second-order valence-electron chi connectivity index (χ2n) is 10.6. The predicted molar refractivity (Wildman–Crippen MR) is 162 cm³/mol. The Morgan fingerprint density at radius 1 is 0.727 bits per heavy atom. The van der Waals surface area contributed by atoms with Gasteiger partial charge >= 0.3 is 11.9 Å². The fourth-order valence-corrected chi connectivity index (χ4v) is 4.07. The van der Waals surface area contributed by atoms with E-state index in [0.717, 1.165) is 0 Å². The third kappa shape index (κ3) is 13.0. The van der Waals surface area contributed by atoms with Crippen molar-refractivity contribution in [2.75, 3.05) is 5.75 Å². The van der Waals surface area contributed by atoms with Crippen molar-refractivity contribution in [2.45, 2.75) is 83.2 Å². The van der Waals surface area contributed by atoms with Gasteiger partial charge in [-0.25, -0.2) is 4.79 Å². The van der Waals surface area contributed by atoms with Crippen LogP contribution in [0.4, 0.5) is 0 Å². The minimum Gasteiger partial charge on any atom is -0.481 e. The molecule has 0 spiro atoms. The minimum atomic E-state index is -1.49. The summed E-state index contributed by atoms with van der Waals surface area (Å²) in [6, 6.07) is 1.68. The first kappa shape index (κ1) is 37.8. The molecular weight excluding hydrogens is 596 g/mol. The molecule has 0 saturated carbocycles. The van der Waals surface area contributed by atoms with Crippen LogP contribution in [0.2, 0.25) is 0 Å². The van der Waals surface area contributed by atoms with Crippen molar-refractivity contribution in [3.05, 3.63) is 35.9 Å². The maximum Gasteiger partial charge on any atom is 0.326 e. The van der Waals surface area contributed by atoms with Crippen LogP contribution in [-0.2, 0) is 40.0 Å². The van der Waals surface area contributed by atoms with Crippen molar-refractivity contribution in [3.8, 4) is 0 Å². The number of carbonyl (C=O) groups is 7. The van der Waals surface area contributed by atoms with E-state index in [9.17, 15) is 38.7 Å². The first-order chi connectivity index (χ1) is 20.6. The molecular formula is C28H42N6O9S. The zero-order valence-electron chi connectivity index (χ0n) is 25.0. The first-order valence-electron chi connectivity index (χ1n) is 13.9. The summed E-state index contributed by atoms with van der Waals surface area (Å²) in [5.41, 5.74) is 6.26. The Kier molecular flexibility index (Phi) is 15.9. The van der Waals surface area contributed by atoms with Crippen LogP contribution < -0.4 is 32.3 Å². The van der Waals surface area contributed by atoms with Gasteiger partial charge in [-0.15, -0.1) is 0 Å². The van der Waals surface area contributed by atoms with Crippen LogP contribution in [0.5, 0.6) is 0 Å². The van der Waals surface area contributed by atoms with Crippen LogP contribution in [0.15, 0.2) is 30.3 Å². The Bertz CT molecular complexity index is 1180. The number of nitrogens with two attached hydrogens (primary N) is 1.